The number of hydrogen-bond donors (Lipinski definition) is 1. The van der Waals surface area contributed by atoms with Crippen LogP contribution in [0.4, 0.5) is 4.39 Å². The summed E-state index contributed by atoms with van der Waals surface area (Å²) in [5.74, 6) is 0.613. The predicted molar refractivity (Wildman–Crippen MR) is 96.5 cm³/mol. The molecule has 0 bridgehead atoms. The van der Waals surface area contributed by atoms with Crippen LogP contribution in [0.15, 0.2) is 79.1 Å². The molecule has 2 heterocycles. The van der Waals surface area contributed by atoms with Crippen LogP contribution in [-0.2, 0) is 6.42 Å². The van der Waals surface area contributed by atoms with E-state index in [-0.39, 0.29) is 5.82 Å². The lowest BCUT2D eigenvalue weighted by Gasteiger charge is -2.02. The smallest absolute Gasteiger partial charge is 0.123 e. The van der Waals surface area contributed by atoms with E-state index in [0.29, 0.717) is 6.42 Å². The molecular weight excluding hydrogens is 313 g/mol. The van der Waals surface area contributed by atoms with Crippen LogP contribution < -0.4 is 0 Å². The lowest BCUT2D eigenvalue weighted by molar-refractivity contribution is 0.627. The minimum absolute atomic E-state index is 0.228. The van der Waals surface area contributed by atoms with Gasteiger partial charge in [-0.2, -0.15) is 0 Å². The standard InChI is InChI=1S/C21H16FN3/c22-18-9-6-15(7-10-18)12-21-24-14-20(25-21)17-8-11-19(23-13-17)16-4-2-1-3-5-16/h1-11,13-14H,12H2,(H,24,25). The molecule has 0 radical (unpaired) electrons. The summed E-state index contributed by atoms with van der Waals surface area (Å²) in [5, 5.41) is 0. The molecule has 0 fully saturated rings. The van der Waals surface area contributed by atoms with E-state index in [1.165, 1.54) is 12.1 Å². The Balaban J connectivity index is 1.52. The monoisotopic (exact) mass is 329 g/mol. The van der Waals surface area contributed by atoms with Crippen LogP contribution in [0.3, 0.4) is 0 Å². The molecule has 0 spiro atoms. The zero-order chi connectivity index (χ0) is 17.1. The van der Waals surface area contributed by atoms with Gasteiger partial charge >= 0.3 is 0 Å². The van der Waals surface area contributed by atoms with E-state index in [9.17, 15) is 4.39 Å². The van der Waals surface area contributed by atoms with Crippen molar-refractivity contribution in [3.63, 3.8) is 0 Å². The molecule has 3 nitrogen and oxygen atoms in total. The normalized spacial score (nSPS) is 10.8. The van der Waals surface area contributed by atoms with Gasteiger partial charge in [-0.25, -0.2) is 9.37 Å². The number of aromatic amines is 1. The highest BCUT2D eigenvalue weighted by Crippen LogP contribution is 2.21. The second kappa shape index (κ2) is 6.69. The molecule has 0 aliphatic rings. The van der Waals surface area contributed by atoms with Crippen molar-refractivity contribution in [2.45, 2.75) is 6.42 Å². The van der Waals surface area contributed by atoms with Crippen molar-refractivity contribution < 1.29 is 4.39 Å². The van der Waals surface area contributed by atoms with Crippen LogP contribution in [0.1, 0.15) is 11.4 Å². The second-order valence-corrected chi connectivity index (χ2v) is 5.84. The summed E-state index contributed by atoms with van der Waals surface area (Å²) in [6.45, 7) is 0. The molecule has 0 saturated carbocycles. The first-order chi connectivity index (χ1) is 12.3. The Bertz CT molecular complexity index is 958. The number of hydrogen-bond acceptors (Lipinski definition) is 2. The number of nitrogens with zero attached hydrogens (tertiary/aromatic N) is 2. The van der Waals surface area contributed by atoms with Crippen LogP contribution in [0.5, 0.6) is 0 Å². The zero-order valence-electron chi connectivity index (χ0n) is 13.5. The van der Waals surface area contributed by atoms with Crippen LogP contribution in [0.2, 0.25) is 0 Å². The minimum atomic E-state index is -0.228. The van der Waals surface area contributed by atoms with Gasteiger partial charge in [0, 0.05) is 23.7 Å². The van der Waals surface area contributed by atoms with Crippen molar-refractivity contribution in [1.29, 1.82) is 0 Å². The molecule has 4 aromatic rings. The number of aromatic nitrogens is 3. The van der Waals surface area contributed by atoms with E-state index in [2.05, 4.69) is 15.0 Å². The molecule has 4 heteroatoms. The highest BCUT2D eigenvalue weighted by atomic mass is 19.1. The molecule has 0 saturated heterocycles. The molecule has 2 aromatic heterocycles. The van der Waals surface area contributed by atoms with Crippen LogP contribution in [0, 0.1) is 5.82 Å². The zero-order valence-corrected chi connectivity index (χ0v) is 13.5. The second-order valence-electron chi connectivity index (χ2n) is 5.84. The lowest BCUT2D eigenvalue weighted by atomic mass is 10.1. The first-order valence-electron chi connectivity index (χ1n) is 8.08. The van der Waals surface area contributed by atoms with Crippen molar-refractivity contribution in [3.05, 3.63) is 96.3 Å². The maximum Gasteiger partial charge on any atom is 0.123 e. The van der Waals surface area contributed by atoms with Crippen LogP contribution in [0.25, 0.3) is 22.5 Å². The Morgan fingerprint density at radius 1 is 0.760 bits per heavy atom. The van der Waals surface area contributed by atoms with E-state index < -0.39 is 0 Å². The number of benzene rings is 2. The Hall–Kier alpha value is -3.27. The van der Waals surface area contributed by atoms with Crippen molar-refractivity contribution >= 4 is 0 Å². The molecule has 0 amide bonds. The molecular formula is C21H16FN3. The van der Waals surface area contributed by atoms with Crippen molar-refractivity contribution in [3.8, 4) is 22.5 Å². The van der Waals surface area contributed by atoms with Gasteiger partial charge < -0.3 is 4.98 Å². The van der Waals surface area contributed by atoms with Gasteiger partial charge in [-0.15, -0.1) is 0 Å². The molecule has 0 aliphatic heterocycles. The Labute approximate surface area is 145 Å². The van der Waals surface area contributed by atoms with Gasteiger partial charge in [0.05, 0.1) is 17.6 Å². The quantitative estimate of drug-likeness (QED) is 0.580. The average molecular weight is 329 g/mol. The summed E-state index contributed by atoms with van der Waals surface area (Å²) in [6, 6.07) is 20.6. The fourth-order valence-corrected chi connectivity index (χ4v) is 2.73. The largest absolute Gasteiger partial charge is 0.342 e. The summed E-state index contributed by atoms with van der Waals surface area (Å²) in [5.41, 5.74) is 4.95. The molecule has 122 valence electrons. The summed E-state index contributed by atoms with van der Waals surface area (Å²) in [6.07, 6.45) is 4.28. The first kappa shape index (κ1) is 15.3. The van der Waals surface area contributed by atoms with Gasteiger partial charge in [-0.3, -0.25) is 4.98 Å². The van der Waals surface area contributed by atoms with Gasteiger partial charge in [0.1, 0.15) is 11.6 Å². The number of nitrogens with one attached hydrogen (secondary N) is 1. The fraction of sp³-hybridized carbons (Fsp3) is 0.0476. The summed E-state index contributed by atoms with van der Waals surface area (Å²) >= 11 is 0. The van der Waals surface area contributed by atoms with Gasteiger partial charge in [0.2, 0.25) is 0 Å². The summed E-state index contributed by atoms with van der Waals surface area (Å²) < 4.78 is 13.0. The number of rotatable bonds is 4. The van der Waals surface area contributed by atoms with E-state index in [4.69, 9.17) is 0 Å². The minimum Gasteiger partial charge on any atom is -0.342 e. The first-order valence-corrected chi connectivity index (χ1v) is 8.08. The van der Waals surface area contributed by atoms with E-state index in [1.807, 2.05) is 48.7 Å². The third-order valence-corrected chi connectivity index (χ3v) is 4.06. The Morgan fingerprint density at radius 2 is 1.56 bits per heavy atom. The Kier molecular flexibility index (Phi) is 4.09. The Morgan fingerprint density at radius 3 is 2.28 bits per heavy atom. The van der Waals surface area contributed by atoms with E-state index in [0.717, 1.165) is 33.9 Å². The molecule has 2 aromatic carbocycles. The molecule has 0 atom stereocenters. The maximum atomic E-state index is 13.0. The number of pyridine rings is 1. The summed E-state index contributed by atoms with van der Waals surface area (Å²) in [4.78, 5) is 12.3. The molecule has 1 N–H and O–H groups in total. The van der Waals surface area contributed by atoms with Gasteiger partial charge in [0.15, 0.2) is 0 Å². The van der Waals surface area contributed by atoms with E-state index >= 15 is 0 Å². The van der Waals surface area contributed by atoms with Gasteiger partial charge in [0.25, 0.3) is 0 Å². The van der Waals surface area contributed by atoms with Gasteiger partial charge in [-0.05, 0) is 29.8 Å². The lowest BCUT2D eigenvalue weighted by Crippen LogP contribution is -1.91. The predicted octanol–water partition coefficient (Wildman–Crippen LogP) is 4.87. The van der Waals surface area contributed by atoms with Crippen molar-refractivity contribution in [1.82, 2.24) is 15.0 Å². The SMILES string of the molecule is Fc1ccc(Cc2ncc(-c3ccc(-c4ccccc4)nc3)[nH]2)cc1. The molecule has 0 aliphatic carbocycles. The topological polar surface area (TPSA) is 41.6 Å². The average Bonchev–Trinajstić information content (AvgIpc) is 3.13. The molecule has 25 heavy (non-hydrogen) atoms. The third kappa shape index (κ3) is 3.48. The number of H-pyrrole nitrogens is 1. The van der Waals surface area contributed by atoms with Gasteiger partial charge in [-0.1, -0.05) is 42.5 Å². The summed E-state index contributed by atoms with van der Waals surface area (Å²) in [7, 11) is 0. The molecule has 0 unspecified atom stereocenters. The van der Waals surface area contributed by atoms with E-state index in [1.54, 1.807) is 18.3 Å². The number of halogens is 1. The fourth-order valence-electron chi connectivity index (χ4n) is 2.73. The van der Waals surface area contributed by atoms with Crippen molar-refractivity contribution in [2.24, 2.45) is 0 Å². The third-order valence-electron chi connectivity index (χ3n) is 4.06. The molecule has 4 rings (SSSR count). The maximum absolute atomic E-state index is 13.0. The highest BCUT2D eigenvalue weighted by Gasteiger charge is 2.06. The van der Waals surface area contributed by atoms with Crippen LogP contribution >= 0.6 is 0 Å². The van der Waals surface area contributed by atoms with Crippen molar-refractivity contribution in [2.75, 3.05) is 0 Å². The van der Waals surface area contributed by atoms with Crippen LogP contribution in [-0.4, -0.2) is 15.0 Å². The number of imidazole rings is 1. The highest BCUT2D eigenvalue weighted by molar-refractivity contribution is 5.64.